The van der Waals surface area contributed by atoms with Crippen molar-refractivity contribution in [2.45, 2.75) is 19.1 Å². The number of fused-ring (bicyclic) bond motifs is 1. The van der Waals surface area contributed by atoms with Gasteiger partial charge in [0.1, 0.15) is 5.92 Å². The molecule has 2 fully saturated rings. The molecule has 2 aliphatic heterocycles. The number of hydroxylamine groups is 1. The molecule has 3 atom stereocenters. The van der Waals surface area contributed by atoms with Crippen molar-refractivity contribution >= 4 is 45.1 Å². The van der Waals surface area contributed by atoms with Crippen molar-refractivity contribution in [3.8, 4) is 11.5 Å². The van der Waals surface area contributed by atoms with Gasteiger partial charge in [-0.3, -0.25) is 14.4 Å². The minimum absolute atomic E-state index is 0.0415. The molecule has 2 amide bonds. The van der Waals surface area contributed by atoms with Crippen LogP contribution in [0.15, 0.2) is 71.2 Å². The second-order valence-corrected chi connectivity index (χ2v) is 9.16. The van der Waals surface area contributed by atoms with Crippen LogP contribution in [0.3, 0.4) is 0 Å². The van der Waals surface area contributed by atoms with Crippen LogP contribution in [-0.2, 0) is 14.4 Å². The number of hydrogen-bond donors (Lipinski definition) is 2. The normalized spacial score (nSPS) is 21.1. The molecule has 184 valence electrons. The van der Waals surface area contributed by atoms with Gasteiger partial charge < -0.3 is 14.9 Å². The number of para-hydroxylation sites is 1. The summed E-state index contributed by atoms with van der Waals surface area (Å²) < 4.78 is 5.96. The minimum Gasteiger partial charge on any atom is -0.503 e. The number of carboxylic acid groups (broad SMARTS) is 1. The van der Waals surface area contributed by atoms with E-state index in [1.165, 1.54) is 24.3 Å². The Kier molecular flexibility index (Phi) is 6.15. The van der Waals surface area contributed by atoms with Crippen molar-refractivity contribution in [1.29, 1.82) is 0 Å². The fraction of sp³-hybridized carbons (Fsp3) is 0.192. The Morgan fingerprint density at radius 2 is 1.72 bits per heavy atom. The van der Waals surface area contributed by atoms with E-state index in [1.54, 1.807) is 24.1 Å². The summed E-state index contributed by atoms with van der Waals surface area (Å²) in [7, 11) is 0. The first-order valence-electron chi connectivity index (χ1n) is 11.2. The Morgan fingerprint density at radius 3 is 2.36 bits per heavy atom. The summed E-state index contributed by atoms with van der Waals surface area (Å²) in [6, 6.07) is 17.2. The zero-order valence-electron chi connectivity index (χ0n) is 19.0. The number of aromatic hydroxyl groups is 1. The number of hydrogen-bond acceptors (Lipinski definition) is 7. The minimum atomic E-state index is -1.11. The summed E-state index contributed by atoms with van der Waals surface area (Å²) in [4.78, 5) is 45.5. The standard InChI is InChI=1S/C26H21BrN2O7/c1-2-35-19-13-15(12-18(27)22(19)30)21-20-23(36-29(21)17-6-4-3-5-7-17)25(32)28(24(20)31)16-10-8-14(9-11-16)26(33)34/h3-13,20-21,23,30H,2H2,1H3,(H,33,34)/t20-,21+,23+/m1/s1. The van der Waals surface area contributed by atoms with Crippen LogP contribution in [0, 0.1) is 5.92 Å². The van der Waals surface area contributed by atoms with Gasteiger partial charge in [-0.25, -0.2) is 14.8 Å². The average Bonchev–Trinajstić information content (AvgIpc) is 3.38. The van der Waals surface area contributed by atoms with Crippen molar-refractivity contribution in [2.75, 3.05) is 16.6 Å². The number of amides is 2. The molecular formula is C26H21BrN2O7. The number of phenols is 1. The second kappa shape index (κ2) is 9.29. The second-order valence-electron chi connectivity index (χ2n) is 8.30. The number of ether oxygens (including phenoxy) is 1. The highest BCUT2D eigenvalue weighted by Gasteiger charge is 2.60. The third-order valence-corrected chi connectivity index (χ3v) is 6.80. The number of phenolic OH excluding ortho intramolecular Hbond substituents is 1. The van der Waals surface area contributed by atoms with E-state index in [9.17, 15) is 24.6 Å². The van der Waals surface area contributed by atoms with E-state index < -0.39 is 35.8 Å². The van der Waals surface area contributed by atoms with Crippen LogP contribution in [-0.4, -0.2) is 40.7 Å². The van der Waals surface area contributed by atoms with Gasteiger partial charge in [0.25, 0.3) is 5.91 Å². The quantitative estimate of drug-likeness (QED) is 0.434. The fourth-order valence-electron chi connectivity index (χ4n) is 4.59. The molecular weight excluding hydrogens is 532 g/mol. The van der Waals surface area contributed by atoms with Gasteiger partial charge >= 0.3 is 5.97 Å². The molecule has 36 heavy (non-hydrogen) atoms. The highest BCUT2D eigenvalue weighted by atomic mass is 79.9. The van der Waals surface area contributed by atoms with E-state index in [1.807, 2.05) is 30.3 Å². The summed E-state index contributed by atoms with van der Waals surface area (Å²) in [5.74, 6) is -2.87. The van der Waals surface area contributed by atoms with E-state index in [0.717, 1.165) is 4.90 Å². The maximum absolute atomic E-state index is 13.7. The fourth-order valence-corrected chi connectivity index (χ4v) is 5.05. The molecule has 9 nitrogen and oxygen atoms in total. The van der Waals surface area contributed by atoms with E-state index in [4.69, 9.17) is 9.57 Å². The number of imide groups is 1. The molecule has 5 rings (SSSR count). The number of anilines is 2. The lowest BCUT2D eigenvalue weighted by molar-refractivity contribution is -0.126. The van der Waals surface area contributed by atoms with Gasteiger partial charge in [0.15, 0.2) is 17.6 Å². The third kappa shape index (κ3) is 3.88. The Morgan fingerprint density at radius 1 is 1.03 bits per heavy atom. The first-order chi connectivity index (χ1) is 17.3. The predicted molar refractivity (Wildman–Crippen MR) is 133 cm³/mol. The monoisotopic (exact) mass is 552 g/mol. The van der Waals surface area contributed by atoms with Gasteiger partial charge in [0, 0.05) is 0 Å². The molecule has 0 unspecified atom stereocenters. The highest BCUT2D eigenvalue weighted by Crippen LogP contribution is 2.49. The lowest BCUT2D eigenvalue weighted by atomic mass is 9.90. The van der Waals surface area contributed by atoms with Gasteiger partial charge in [-0.15, -0.1) is 0 Å². The van der Waals surface area contributed by atoms with Crippen LogP contribution >= 0.6 is 15.9 Å². The smallest absolute Gasteiger partial charge is 0.335 e. The van der Waals surface area contributed by atoms with Crippen LogP contribution in [0.25, 0.3) is 0 Å². The van der Waals surface area contributed by atoms with Crippen LogP contribution in [0.4, 0.5) is 11.4 Å². The lowest BCUT2D eigenvalue weighted by Crippen LogP contribution is -2.37. The molecule has 2 heterocycles. The third-order valence-electron chi connectivity index (χ3n) is 6.19. The number of aromatic carboxylic acids is 1. The van der Waals surface area contributed by atoms with E-state index in [-0.39, 0.29) is 22.7 Å². The number of carbonyl (C=O) groups excluding carboxylic acids is 2. The van der Waals surface area contributed by atoms with Crippen molar-refractivity contribution in [3.05, 3.63) is 82.3 Å². The number of halogens is 1. The van der Waals surface area contributed by atoms with E-state index in [2.05, 4.69) is 15.9 Å². The number of benzene rings is 3. The Hall–Kier alpha value is -3.89. The molecule has 0 aliphatic carbocycles. The largest absolute Gasteiger partial charge is 0.503 e. The van der Waals surface area contributed by atoms with Crippen molar-refractivity contribution in [1.82, 2.24) is 0 Å². The molecule has 2 saturated heterocycles. The summed E-state index contributed by atoms with van der Waals surface area (Å²) in [5, 5.41) is 21.1. The Balaban J connectivity index is 1.59. The van der Waals surface area contributed by atoms with Crippen molar-refractivity contribution < 1.29 is 34.2 Å². The predicted octanol–water partition coefficient (Wildman–Crippen LogP) is 4.30. The molecule has 0 aromatic heterocycles. The molecule has 0 radical (unpaired) electrons. The number of carbonyl (C=O) groups is 3. The van der Waals surface area contributed by atoms with Crippen LogP contribution < -0.4 is 14.7 Å². The zero-order chi connectivity index (χ0) is 25.6. The SMILES string of the molecule is CCOc1cc([C@H]2[C@H]3C(=O)N(c4ccc(C(=O)O)cc4)C(=O)[C@H]3ON2c2ccccc2)cc(Br)c1O. The highest BCUT2D eigenvalue weighted by molar-refractivity contribution is 9.10. The molecule has 10 heteroatoms. The first kappa shape index (κ1) is 23.8. The summed E-state index contributed by atoms with van der Waals surface area (Å²) in [6.45, 7) is 2.11. The van der Waals surface area contributed by atoms with E-state index >= 15 is 0 Å². The van der Waals surface area contributed by atoms with E-state index in [0.29, 0.717) is 22.3 Å². The maximum Gasteiger partial charge on any atom is 0.335 e. The van der Waals surface area contributed by atoms with Crippen molar-refractivity contribution in [3.63, 3.8) is 0 Å². The topological polar surface area (TPSA) is 117 Å². The molecule has 0 saturated carbocycles. The Labute approximate surface area is 214 Å². The van der Waals surface area contributed by atoms with Gasteiger partial charge in [0.05, 0.1) is 34.1 Å². The van der Waals surface area contributed by atoms with Gasteiger partial charge in [-0.05, 0) is 76.9 Å². The number of carboxylic acids is 1. The summed E-state index contributed by atoms with van der Waals surface area (Å²) in [6.07, 6.45) is -1.09. The van der Waals surface area contributed by atoms with Gasteiger partial charge in [-0.1, -0.05) is 18.2 Å². The summed E-state index contributed by atoms with van der Waals surface area (Å²) >= 11 is 3.36. The van der Waals surface area contributed by atoms with Crippen LogP contribution in [0.5, 0.6) is 11.5 Å². The number of rotatable bonds is 6. The van der Waals surface area contributed by atoms with Crippen LogP contribution in [0.1, 0.15) is 28.9 Å². The summed E-state index contributed by atoms with van der Waals surface area (Å²) in [5.41, 5.74) is 1.56. The van der Waals surface area contributed by atoms with Gasteiger partial charge in [-0.2, -0.15) is 0 Å². The molecule has 3 aromatic rings. The molecule has 2 aliphatic rings. The maximum atomic E-state index is 13.7. The van der Waals surface area contributed by atoms with Crippen LogP contribution in [0.2, 0.25) is 0 Å². The molecule has 3 aromatic carbocycles. The Bertz CT molecular complexity index is 1350. The lowest BCUT2D eigenvalue weighted by Gasteiger charge is -2.29. The average molecular weight is 553 g/mol. The zero-order valence-corrected chi connectivity index (χ0v) is 20.6. The number of nitrogens with zero attached hydrogens (tertiary/aromatic N) is 2. The van der Waals surface area contributed by atoms with Crippen molar-refractivity contribution in [2.24, 2.45) is 5.92 Å². The molecule has 0 spiro atoms. The first-order valence-corrected chi connectivity index (χ1v) is 12.0. The molecule has 2 N–H and O–H groups in total. The van der Waals surface area contributed by atoms with Gasteiger partial charge in [0.2, 0.25) is 5.91 Å². The molecule has 0 bridgehead atoms.